The fraction of sp³-hybridized carbons (Fsp3) is 0.0769. The highest BCUT2D eigenvalue weighted by atomic mass is 35.5. The molecule has 2 aromatic rings. The van der Waals surface area contributed by atoms with Crippen LogP contribution in [0.5, 0.6) is 0 Å². The van der Waals surface area contributed by atoms with Crippen molar-refractivity contribution in [2.24, 2.45) is 0 Å². The molecule has 0 fully saturated rings. The Bertz CT molecular complexity index is 515. The van der Waals surface area contributed by atoms with Crippen molar-refractivity contribution >= 4 is 23.2 Å². The van der Waals surface area contributed by atoms with Gasteiger partial charge in [-0.1, -0.05) is 35.3 Å². The number of benzene rings is 2. The molecule has 16 heavy (non-hydrogen) atoms. The molecule has 2 rings (SSSR count). The molecular formula is C13H9Cl2F. The Morgan fingerprint density at radius 2 is 1.56 bits per heavy atom. The molecule has 0 spiro atoms. The lowest BCUT2D eigenvalue weighted by Gasteiger charge is -2.05. The fourth-order valence-corrected chi connectivity index (χ4v) is 2.09. The van der Waals surface area contributed by atoms with Crippen molar-refractivity contribution < 1.29 is 4.39 Å². The maximum atomic E-state index is 13.7. The summed E-state index contributed by atoms with van der Waals surface area (Å²) in [6, 6.07) is 10.1. The average Bonchev–Trinajstić information content (AvgIpc) is 2.15. The third-order valence-corrected chi connectivity index (χ3v) is 2.73. The third-order valence-electron chi connectivity index (χ3n) is 2.30. The molecular weight excluding hydrogens is 246 g/mol. The van der Waals surface area contributed by atoms with E-state index in [0.717, 1.165) is 5.56 Å². The molecule has 3 heteroatoms. The van der Waals surface area contributed by atoms with E-state index in [9.17, 15) is 4.39 Å². The molecule has 0 atom stereocenters. The minimum absolute atomic E-state index is 0.265. The lowest BCUT2D eigenvalue weighted by Crippen LogP contribution is -1.86. The molecule has 0 unspecified atom stereocenters. The van der Waals surface area contributed by atoms with E-state index in [1.807, 2.05) is 13.0 Å². The van der Waals surface area contributed by atoms with Crippen LogP contribution in [-0.4, -0.2) is 0 Å². The van der Waals surface area contributed by atoms with Crippen LogP contribution in [0.25, 0.3) is 11.1 Å². The highest BCUT2D eigenvalue weighted by Gasteiger charge is 2.06. The largest absolute Gasteiger partial charge is 0.206 e. The summed E-state index contributed by atoms with van der Waals surface area (Å²) in [5.74, 6) is -0.265. The molecule has 0 aliphatic rings. The van der Waals surface area contributed by atoms with Crippen LogP contribution < -0.4 is 0 Å². The van der Waals surface area contributed by atoms with Gasteiger partial charge < -0.3 is 0 Å². The van der Waals surface area contributed by atoms with Crippen molar-refractivity contribution in [2.45, 2.75) is 6.92 Å². The van der Waals surface area contributed by atoms with E-state index in [-0.39, 0.29) is 5.82 Å². The van der Waals surface area contributed by atoms with Gasteiger partial charge in [0.25, 0.3) is 0 Å². The van der Waals surface area contributed by atoms with Crippen molar-refractivity contribution in [3.63, 3.8) is 0 Å². The normalized spacial score (nSPS) is 10.5. The zero-order chi connectivity index (χ0) is 11.7. The van der Waals surface area contributed by atoms with E-state index in [1.54, 1.807) is 24.3 Å². The summed E-state index contributed by atoms with van der Waals surface area (Å²) in [4.78, 5) is 0. The van der Waals surface area contributed by atoms with E-state index in [0.29, 0.717) is 21.2 Å². The second kappa shape index (κ2) is 4.44. The number of aryl methyl sites for hydroxylation is 1. The van der Waals surface area contributed by atoms with Crippen LogP contribution in [0.2, 0.25) is 10.0 Å². The summed E-state index contributed by atoms with van der Waals surface area (Å²) in [5, 5.41) is 1.00. The van der Waals surface area contributed by atoms with Gasteiger partial charge in [-0.3, -0.25) is 0 Å². The smallest absolute Gasteiger partial charge is 0.131 e. The van der Waals surface area contributed by atoms with Crippen molar-refractivity contribution in [2.75, 3.05) is 0 Å². The van der Waals surface area contributed by atoms with Gasteiger partial charge in [-0.25, -0.2) is 4.39 Å². The fourth-order valence-electron chi connectivity index (χ4n) is 1.56. The van der Waals surface area contributed by atoms with E-state index in [1.165, 1.54) is 6.07 Å². The third kappa shape index (κ3) is 2.37. The second-order valence-electron chi connectivity index (χ2n) is 3.64. The lowest BCUT2D eigenvalue weighted by molar-refractivity contribution is 0.630. The van der Waals surface area contributed by atoms with E-state index < -0.39 is 0 Å². The maximum Gasteiger partial charge on any atom is 0.131 e. The Morgan fingerprint density at radius 3 is 2.12 bits per heavy atom. The number of hydrogen-bond donors (Lipinski definition) is 0. The number of hydrogen-bond acceptors (Lipinski definition) is 0. The van der Waals surface area contributed by atoms with Gasteiger partial charge in [0.2, 0.25) is 0 Å². The molecule has 0 aliphatic carbocycles. The molecule has 0 nitrogen and oxygen atoms in total. The summed E-state index contributed by atoms with van der Waals surface area (Å²) in [6.07, 6.45) is 0. The van der Waals surface area contributed by atoms with Gasteiger partial charge in [0.05, 0.1) is 0 Å². The minimum Gasteiger partial charge on any atom is -0.206 e. The van der Waals surface area contributed by atoms with Gasteiger partial charge in [0, 0.05) is 15.6 Å². The van der Waals surface area contributed by atoms with Gasteiger partial charge >= 0.3 is 0 Å². The van der Waals surface area contributed by atoms with Crippen molar-refractivity contribution in [3.05, 3.63) is 57.8 Å². The average molecular weight is 255 g/mol. The van der Waals surface area contributed by atoms with Gasteiger partial charge in [0.15, 0.2) is 0 Å². The van der Waals surface area contributed by atoms with E-state index in [4.69, 9.17) is 23.2 Å². The van der Waals surface area contributed by atoms with Crippen molar-refractivity contribution in [1.29, 1.82) is 0 Å². The Kier molecular flexibility index (Phi) is 3.17. The molecule has 0 amide bonds. The molecule has 0 N–H and O–H groups in total. The Hall–Kier alpha value is -1.05. The van der Waals surface area contributed by atoms with Crippen LogP contribution in [0.4, 0.5) is 4.39 Å². The van der Waals surface area contributed by atoms with Crippen LogP contribution >= 0.6 is 23.2 Å². The molecule has 0 aromatic heterocycles. The molecule has 2 aromatic carbocycles. The number of rotatable bonds is 1. The van der Waals surface area contributed by atoms with Crippen LogP contribution in [0.15, 0.2) is 36.4 Å². The van der Waals surface area contributed by atoms with Gasteiger partial charge in [-0.2, -0.15) is 0 Å². The first kappa shape index (κ1) is 11.4. The number of halogens is 3. The topological polar surface area (TPSA) is 0 Å². The minimum atomic E-state index is -0.265. The molecule has 82 valence electrons. The Labute approximate surface area is 104 Å². The Balaban J connectivity index is 2.58. The first-order valence-corrected chi connectivity index (χ1v) is 5.54. The summed E-state index contributed by atoms with van der Waals surface area (Å²) in [5.41, 5.74) is 2.08. The SMILES string of the molecule is Cc1ccc(-c2cc(Cl)cc(Cl)c2)c(F)c1. The van der Waals surface area contributed by atoms with E-state index >= 15 is 0 Å². The van der Waals surface area contributed by atoms with Gasteiger partial charge in [-0.05, 0) is 42.3 Å². The summed E-state index contributed by atoms with van der Waals surface area (Å²) in [6.45, 7) is 1.85. The molecule has 0 aliphatic heterocycles. The lowest BCUT2D eigenvalue weighted by atomic mass is 10.0. The molecule has 0 bridgehead atoms. The monoisotopic (exact) mass is 254 g/mol. The summed E-state index contributed by atoms with van der Waals surface area (Å²) >= 11 is 11.8. The quantitative estimate of drug-likeness (QED) is 0.664. The van der Waals surface area contributed by atoms with Crippen LogP contribution in [0.3, 0.4) is 0 Å². The zero-order valence-electron chi connectivity index (χ0n) is 8.60. The van der Waals surface area contributed by atoms with Crippen molar-refractivity contribution in [3.8, 4) is 11.1 Å². The maximum absolute atomic E-state index is 13.7. The highest BCUT2D eigenvalue weighted by Crippen LogP contribution is 2.29. The Morgan fingerprint density at radius 1 is 0.938 bits per heavy atom. The summed E-state index contributed by atoms with van der Waals surface area (Å²) in [7, 11) is 0. The first-order valence-electron chi connectivity index (χ1n) is 4.79. The zero-order valence-corrected chi connectivity index (χ0v) is 10.1. The predicted molar refractivity (Wildman–Crippen MR) is 66.6 cm³/mol. The molecule has 0 saturated heterocycles. The van der Waals surface area contributed by atoms with Crippen LogP contribution in [0, 0.1) is 12.7 Å². The molecule has 0 saturated carbocycles. The first-order chi connectivity index (χ1) is 7.56. The predicted octanol–water partition coefficient (Wildman–Crippen LogP) is 5.11. The molecule has 0 heterocycles. The summed E-state index contributed by atoms with van der Waals surface area (Å²) < 4.78 is 13.7. The standard InChI is InChI=1S/C13H9Cl2F/c1-8-2-3-12(13(16)4-8)9-5-10(14)7-11(15)6-9/h2-7H,1H3. The van der Waals surface area contributed by atoms with Crippen LogP contribution in [0.1, 0.15) is 5.56 Å². The second-order valence-corrected chi connectivity index (χ2v) is 4.51. The van der Waals surface area contributed by atoms with Crippen LogP contribution in [-0.2, 0) is 0 Å². The highest BCUT2D eigenvalue weighted by molar-refractivity contribution is 6.35. The van der Waals surface area contributed by atoms with Gasteiger partial charge in [-0.15, -0.1) is 0 Å². The van der Waals surface area contributed by atoms with Crippen molar-refractivity contribution in [1.82, 2.24) is 0 Å². The molecule has 0 radical (unpaired) electrons. The van der Waals surface area contributed by atoms with E-state index in [2.05, 4.69) is 0 Å². The van der Waals surface area contributed by atoms with Gasteiger partial charge in [0.1, 0.15) is 5.82 Å².